The Morgan fingerprint density at radius 1 is 1.69 bits per heavy atom. The van der Waals surface area contributed by atoms with E-state index in [2.05, 4.69) is 10.3 Å². The van der Waals surface area contributed by atoms with Crippen molar-refractivity contribution in [1.82, 2.24) is 14.9 Å². The molecule has 0 aliphatic rings. The summed E-state index contributed by atoms with van der Waals surface area (Å²) >= 11 is 0. The van der Waals surface area contributed by atoms with Crippen molar-refractivity contribution in [3.05, 3.63) is 18.2 Å². The van der Waals surface area contributed by atoms with E-state index in [4.69, 9.17) is 5.11 Å². The number of aromatic nitrogens is 2. The molecule has 0 radical (unpaired) electrons. The molecule has 1 amide bonds. The van der Waals surface area contributed by atoms with E-state index in [9.17, 15) is 4.79 Å². The van der Waals surface area contributed by atoms with Crippen LogP contribution in [0.4, 0.5) is 0 Å². The molecule has 0 aliphatic heterocycles. The van der Waals surface area contributed by atoms with Crippen LogP contribution in [-0.4, -0.2) is 26.6 Å². The number of rotatable bonds is 6. The molecule has 0 saturated carbocycles. The van der Waals surface area contributed by atoms with Crippen molar-refractivity contribution in [2.24, 2.45) is 0 Å². The molecule has 5 heteroatoms. The average molecular weight is 225 g/mol. The minimum Gasteiger partial charge on any atom is -0.390 e. The molecule has 0 saturated heterocycles. The van der Waals surface area contributed by atoms with Gasteiger partial charge in [-0.25, -0.2) is 4.98 Å². The molecule has 5 nitrogen and oxygen atoms in total. The van der Waals surface area contributed by atoms with Crippen LogP contribution in [0.2, 0.25) is 0 Å². The smallest absolute Gasteiger partial charge is 0.221 e. The fraction of sp³-hybridized carbons (Fsp3) is 0.636. The Kier molecular flexibility index (Phi) is 4.98. The maximum absolute atomic E-state index is 11.5. The number of aliphatic hydroxyl groups is 1. The second-order valence-corrected chi connectivity index (χ2v) is 3.86. The monoisotopic (exact) mass is 225 g/mol. The van der Waals surface area contributed by atoms with E-state index in [-0.39, 0.29) is 18.6 Å². The van der Waals surface area contributed by atoms with Gasteiger partial charge < -0.3 is 15.0 Å². The van der Waals surface area contributed by atoms with Crippen LogP contribution in [0.3, 0.4) is 0 Å². The molecule has 16 heavy (non-hydrogen) atoms. The molecule has 1 rings (SSSR count). The maximum atomic E-state index is 11.5. The van der Waals surface area contributed by atoms with Gasteiger partial charge in [0.25, 0.3) is 0 Å². The van der Waals surface area contributed by atoms with Gasteiger partial charge >= 0.3 is 0 Å². The quantitative estimate of drug-likeness (QED) is 0.748. The lowest BCUT2D eigenvalue weighted by Crippen LogP contribution is -2.32. The van der Waals surface area contributed by atoms with Crippen molar-refractivity contribution in [2.45, 2.75) is 45.9 Å². The van der Waals surface area contributed by atoms with Crippen LogP contribution in [0, 0.1) is 0 Å². The van der Waals surface area contributed by atoms with E-state index in [1.807, 2.05) is 13.8 Å². The third-order valence-electron chi connectivity index (χ3n) is 2.56. The molecule has 90 valence electrons. The number of hydrogen-bond acceptors (Lipinski definition) is 3. The summed E-state index contributed by atoms with van der Waals surface area (Å²) < 4.78 is 1.79. The third kappa shape index (κ3) is 3.66. The molecule has 1 unspecified atom stereocenters. The number of carbonyl (C=O) groups excluding carboxylic acids is 1. The van der Waals surface area contributed by atoms with Crippen LogP contribution >= 0.6 is 0 Å². The Morgan fingerprint density at radius 3 is 3.06 bits per heavy atom. The molecule has 0 aliphatic carbocycles. The van der Waals surface area contributed by atoms with Gasteiger partial charge in [0.2, 0.25) is 5.91 Å². The number of aliphatic hydroxyl groups excluding tert-OH is 1. The highest BCUT2D eigenvalue weighted by molar-refractivity contribution is 5.76. The van der Waals surface area contributed by atoms with Crippen LogP contribution in [0.5, 0.6) is 0 Å². The number of aryl methyl sites for hydroxylation is 1. The SMILES string of the molecule is CCC(C)NC(=O)CCn1cncc1CO. The molecule has 0 bridgehead atoms. The van der Waals surface area contributed by atoms with Gasteiger partial charge in [0.05, 0.1) is 24.8 Å². The van der Waals surface area contributed by atoms with Gasteiger partial charge in [-0.2, -0.15) is 0 Å². The normalized spacial score (nSPS) is 12.4. The molecule has 0 spiro atoms. The van der Waals surface area contributed by atoms with Crippen molar-refractivity contribution in [2.75, 3.05) is 0 Å². The fourth-order valence-corrected chi connectivity index (χ4v) is 1.35. The zero-order valence-corrected chi connectivity index (χ0v) is 9.81. The van der Waals surface area contributed by atoms with Crippen LogP contribution in [-0.2, 0) is 17.9 Å². The van der Waals surface area contributed by atoms with Crippen molar-refractivity contribution in [1.29, 1.82) is 0 Å². The van der Waals surface area contributed by atoms with E-state index in [0.29, 0.717) is 13.0 Å². The first kappa shape index (κ1) is 12.7. The van der Waals surface area contributed by atoms with Crippen molar-refractivity contribution >= 4 is 5.91 Å². The summed E-state index contributed by atoms with van der Waals surface area (Å²) in [6, 6.07) is 0.215. The summed E-state index contributed by atoms with van der Waals surface area (Å²) in [4.78, 5) is 15.4. The van der Waals surface area contributed by atoms with E-state index in [1.54, 1.807) is 17.1 Å². The number of imidazole rings is 1. The van der Waals surface area contributed by atoms with E-state index >= 15 is 0 Å². The predicted octanol–water partition coefficient (Wildman–Crippen LogP) is 0.680. The van der Waals surface area contributed by atoms with Gasteiger partial charge in [0.15, 0.2) is 0 Å². The van der Waals surface area contributed by atoms with Gasteiger partial charge in [0, 0.05) is 19.0 Å². The maximum Gasteiger partial charge on any atom is 0.221 e. The molecule has 2 N–H and O–H groups in total. The summed E-state index contributed by atoms with van der Waals surface area (Å²) in [7, 11) is 0. The molecule has 0 fully saturated rings. The number of hydrogen-bond donors (Lipinski definition) is 2. The zero-order chi connectivity index (χ0) is 12.0. The minimum absolute atomic E-state index is 0.0342. The fourth-order valence-electron chi connectivity index (χ4n) is 1.35. The lowest BCUT2D eigenvalue weighted by atomic mass is 10.2. The number of nitrogens with one attached hydrogen (secondary N) is 1. The molecule has 0 aromatic carbocycles. The van der Waals surface area contributed by atoms with Gasteiger partial charge in [-0.05, 0) is 13.3 Å². The lowest BCUT2D eigenvalue weighted by molar-refractivity contribution is -0.121. The first-order valence-electron chi connectivity index (χ1n) is 5.56. The molecule has 1 atom stereocenters. The summed E-state index contributed by atoms with van der Waals surface area (Å²) in [5, 5.41) is 11.9. The van der Waals surface area contributed by atoms with Crippen LogP contribution in [0.25, 0.3) is 0 Å². The second kappa shape index (κ2) is 6.27. The Balaban J connectivity index is 2.37. The Hall–Kier alpha value is -1.36. The summed E-state index contributed by atoms with van der Waals surface area (Å²) in [6.45, 7) is 4.52. The first-order chi connectivity index (χ1) is 7.67. The van der Waals surface area contributed by atoms with Crippen molar-refractivity contribution in [3.8, 4) is 0 Å². The van der Waals surface area contributed by atoms with Crippen molar-refractivity contribution in [3.63, 3.8) is 0 Å². The number of carbonyl (C=O) groups is 1. The van der Waals surface area contributed by atoms with Crippen LogP contribution < -0.4 is 5.32 Å². The van der Waals surface area contributed by atoms with Crippen LogP contribution in [0.15, 0.2) is 12.5 Å². The van der Waals surface area contributed by atoms with Gasteiger partial charge in [-0.1, -0.05) is 6.92 Å². The lowest BCUT2D eigenvalue weighted by Gasteiger charge is -2.12. The van der Waals surface area contributed by atoms with E-state index in [1.165, 1.54) is 0 Å². The first-order valence-corrected chi connectivity index (χ1v) is 5.56. The van der Waals surface area contributed by atoms with Gasteiger partial charge in [-0.15, -0.1) is 0 Å². The largest absolute Gasteiger partial charge is 0.390 e. The summed E-state index contributed by atoms with van der Waals surface area (Å²) in [6.07, 6.45) is 4.57. The zero-order valence-electron chi connectivity index (χ0n) is 9.81. The third-order valence-corrected chi connectivity index (χ3v) is 2.56. The van der Waals surface area contributed by atoms with Crippen molar-refractivity contribution < 1.29 is 9.90 Å². The van der Waals surface area contributed by atoms with Crippen LogP contribution in [0.1, 0.15) is 32.4 Å². The standard InChI is InChI=1S/C11H19N3O2/c1-3-9(2)13-11(16)4-5-14-8-12-6-10(14)7-15/h6,8-9,15H,3-5,7H2,1-2H3,(H,13,16). The topological polar surface area (TPSA) is 67.2 Å². The van der Waals surface area contributed by atoms with Gasteiger partial charge in [-0.3, -0.25) is 4.79 Å². The Labute approximate surface area is 95.5 Å². The molecule has 1 aromatic heterocycles. The van der Waals surface area contributed by atoms with E-state index < -0.39 is 0 Å². The summed E-state index contributed by atoms with van der Waals surface area (Å²) in [5.74, 6) is 0.0342. The minimum atomic E-state index is -0.0486. The highest BCUT2D eigenvalue weighted by Gasteiger charge is 2.07. The number of nitrogens with zero attached hydrogens (tertiary/aromatic N) is 2. The van der Waals surface area contributed by atoms with E-state index in [0.717, 1.165) is 12.1 Å². The Bertz CT molecular complexity index is 336. The average Bonchev–Trinajstić information content (AvgIpc) is 2.73. The molecule has 1 heterocycles. The predicted molar refractivity (Wildman–Crippen MR) is 60.7 cm³/mol. The Morgan fingerprint density at radius 2 is 2.44 bits per heavy atom. The highest BCUT2D eigenvalue weighted by Crippen LogP contribution is 2.00. The number of amides is 1. The van der Waals surface area contributed by atoms with Gasteiger partial charge in [0.1, 0.15) is 0 Å². The summed E-state index contributed by atoms with van der Waals surface area (Å²) in [5.41, 5.74) is 0.733. The molecular formula is C11H19N3O2. The molecule has 1 aromatic rings. The second-order valence-electron chi connectivity index (χ2n) is 3.86. The molecular weight excluding hydrogens is 206 g/mol. The highest BCUT2D eigenvalue weighted by atomic mass is 16.3.